The summed E-state index contributed by atoms with van der Waals surface area (Å²) in [5.74, 6) is 4.08. The van der Waals surface area contributed by atoms with Gasteiger partial charge in [-0.15, -0.1) is 0 Å². The third kappa shape index (κ3) is 7.06. The highest BCUT2D eigenvalue weighted by atomic mass is 16.7. The van der Waals surface area contributed by atoms with Crippen LogP contribution in [0.15, 0.2) is 30.3 Å². The summed E-state index contributed by atoms with van der Waals surface area (Å²) < 4.78 is 36.3. The average molecular weight is 686 g/mol. The van der Waals surface area contributed by atoms with E-state index in [2.05, 4.69) is 25.7 Å². The molecular formula is C39H51N5O6. The summed E-state index contributed by atoms with van der Waals surface area (Å²) in [7, 11) is 3.33. The molecule has 268 valence electrons. The topological polar surface area (TPSA) is 81.2 Å². The van der Waals surface area contributed by atoms with E-state index < -0.39 is 0 Å². The lowest BCUT2D eigenvalue weighted by atomic mass is 9.99. The van der Waals surface area contributed by atoms with Gasteiger partial charge in [-0.25, -0.2) is 4.98 Å². The summed E-state index contributed by atoms with van der Waals surface area (Å²) >= 11 is 0. The zero-order valence-corrected chi connectivity index (χ0v) is 29.7. The lowest BCUT2D eigenvalue weighted by Gasteiger charge is -2.35. The number of aromatic nitrogens is 1. The zero-order chi connectivity index (χ0) is 33.9. The van der Waals surface area contributed by atoms with Crippen LogP contribution in [0, 0.1) is 0 Å². The second kappa shape index (κ2) is 15.2. The van der Waals surface area contributed by atoms with Gasteiger partial charge < -0.3 is 38.2 Å². The maximum absolute atomic E-state index is 6.71. The van der Waals surface area contributed by atoms with Gasteiger partial charge in [0.2, 0.25) is 12.7 Å². The highest BCUT2D eigenvalue weighted by molar-refractivity contribution is 6.20. The maximum Gasteiger partial charge on any atom is 0.231 e. The van der Waals surface area contributed by atoms with Crippen LogP contribution in [0.25, 0.3) is 32.4 Å². The van der Waals surface area contributed by atoms with E-state index >= 15 is 0 Å². The fourth-order valence-electron chi connectivity index (χ4n) is 8.05. The van der Waals surface area contributed by atoms with Crippen molar-refractivity contribution in [1.82, 2.24) is 24.6 Å². The third-order valence-corrected chi connectivity index (χ3v) is 10.9. The molecule has 8 rings (SSSR count). The molecule has 3 fully saturated rings. The smallest absolute Gasteiger partial charge is 0.231 e. The van der Waals surface area contributed by atoms with Crippen LogP contribution in [0.2, 0.25) is 0 Å². The van der Waals surface area contributed by atoms with Crippen LogP contribution in [-0.2, 0) is 0 Å². The van der Waals surface area contributed by atoms with Gasteiger partial charge in [0.25, 0.3) is 0 Å². The number of piperazine rings is 1. The molecule has 0 N–H and O–H groups in total. The molecule has 0 bridgehead atoms. The van der Waals surface area contributed by atoms with E-state index in [-0.39, 0.29) is 6.79 Å². The van der Waals surface area contributed by atoms with Crippen LogP contribution >= 0.6 is 0 Å². The number of methoxy groups -OCH3 is 2. The Bertz CT molecular complexity index is 1800. The van der Waals surface area contributed by atoms with Gasteiger partial charge in [0.1, 0.15) is 12.4 Å². The van der Waals surface area contributed by atoms with Crippen molar-refractivity contribution in [3.63, 3.8) is 0 Å². The lowest BCUT2D eigenvalue weighted by molar-refractivity contribution is 0.117. The van der Waals surface area contributed by atoms with E-state index in [1.807, 2.05) is 24.3 Å². The molecule has 0 atom stereocenters. The molecule has 0 radical (unpaired) electrons. The SMILES string of the molecule is COc1cc2c(OCCN3CCCC3)nc3c4cc5c(cc4cc(OCCCN4CCN(CCN6CCCC6)CC4)c3c2cc1OC)OCO5. The number of hydrogen-bond donors (Lipinski definition) is 0. The number of ether oxygens (including phenoxy) is 6. The number of nitrogens with zero attached hydrogens (tertiary/aromatic N) is 5. The molecule has 1 aromatic heterocycles. The second-order valence-electron chi connectivity index (χ2n) is 14.0. The van der Waals surface area contributed by atoms with Gasteiger partial charge in [-0.2, -0.15) is 0 Å². The van der Waals surface area contributed by atoms with E-state index in [9.17, 15) is 0 Å². The monoisotopic (exact) mass is 685 g/mol. The number of hydrogen-bond acceptors (Lipinski definition) is 11. The van der Waals surface area contributed by atoms with Crippen LogP contribution in [0.3, 0.4) is 0 Å². The van der Waals surface area contributed by atoms with Gasteiger partial charge in [-0.3, -0.25) is 9.80 Å². The molecule has 11 nitrogen and oxygen atoms in total. The van der Waals surface area contributed by atoms with E-state index in [0.717, 1.165) is 103 Å². The molecular weight excluding hydrogens is 634 g/mol. The first-order chi connectivity index (χ1) is 24.7. The Morgan fingerprint density at radius 3 is 1.86 bits per heavy atom. The van der Waals surface area contributed by atoms with E-state index in [4.69, 9.17) is 33.4 Å². The van der Waals surface area contributed by atoms with Gasteiger partial charge in [-0.1, -0.05) is 0 Å². The Morgan fingerprint density at radius 1 is 0.580 bits per heavy atom. The lowest BCUT2D eigenvalue weighted by Crippen LogP contribution is -2.48. The molecule has 4 aliphatic rings. The highest BCUT2D eigenvalue weighted by Gasteiger charge is 2.24. The summed E-state index contributed by atoms with van der Waals surface area (Å²) in [5, 5.41) is 4.68. The second-order valence-corrected chi connectivity index (χ2v) is 14.0. The van der Waals surface area contributed by atoms with Crippen molar-refractivity contribution in [1.29, 1.82) is 0 Å². The number of benzene rings is 3. The van der Waals surface area contributed by atoms with Gasteiger partial charge in [0.15, 0.2) is 23.0 Å². The molecule has 0 saturated carbocycles. The first kappa shape index (κ1) is 33.4. The van der Waals surface area contributed by atoms with Crippen LogP contribution < -0.4 is 28.4 Å². The maximum atomic E-state index is 6.71. The number of rotatable bonds is 14. The van der Waals surface area contributed by atoms with Crippen LogP contribution in [0.5, 0.6) is 34.6 Å². The van der Waals surface area contributed by atoms with Crippen LogP contribution in [-0.4, -0.2) is 137 Å². The normalized spacial score (nSPS) is 18.9. The third-order valence-electron chi connectivity index (χ3n) is 10.9. The van der Waals surface area contributed by atoms with Gasteiger partial charge in [0.05, 0.1) is 31.7 Å². The molecule has 0 spiro atoms. The van der Waals surface area contributed by atoms with Crippen LogP contribution in [0.1, 0.15) is 32.1 Å². The molecule has 11 heteroatoms. The number of pyridine rings is 1. The Balaban J connectivity index is 1.06. The fourth-order valence-corrected chi connectivity index (χ4v) is 8.05. The van der Waals surface area contributed by atoms with Gasteiger partial charge in [-0.05, 0) is 94.0 Å². The summed E-state index contributed by atoms with van der Waals surface area (Å²) in [6.45, 7) is 14.9. The molecule has 5 heterocycles. The Labute approximate surface area is 294 Å². The summed E-state index contributed by atoms with van der Waals surface area (Å²) in [6, 6.07) is 10.2. The van der Waals surface area contributed by atoms with E-state index in [1.165, 1.54) is 51.9 Å². The predicted octanol–water partition coefficient (Wildman–Crippen LogP) is 5.24. The Hall–Kier alpha value is -3.77. The average Bonchev–Trinajstić information content (AvgIpc) is 3.96. The standard InChI is InChI=1S/C39H51N5O6/c1-45-32-25-30-31(26-33(32)46-2)39(48-21-19-42-10-5-6-11-42)40-38-29-24-35-34(49-27-50-35)22-28(29)23-36(37(30)38)47-20-7-12-43-14-17-44(18-15-43)16-13-41-8-3-4-9-41/h22-26H,3-21,27H2,1-2H3. The van der Waals surface area contributed by atoms with E-state index in [0.29, 0.717) is 36.3 Å². The summed E-state index contributed by atoms with van der Waals surface area (Å²) in [5.41, 5.74) is 0.803. The quantitative estimate of drug-likeness (QED) is 0.129. The molecule has 3 aromatic carbocycles. The van der Waals surface area contributed by atoms with Gasteiger partial charge in [0, 0.05) is 68.5 Å². The molecule has 50 heavy (non-hydrogen) atoms. The number of likely N-dealkylation sites (tertiary alicyclic amines) is 2. The summed E-state index contributed by atoms with van der Waals surface area (Å²) in [4.78, 5) is 15.5. The molecule has 3 saturated heterocycles. The van der Waals surface area contributed by atoms with Crippen molar-refractivity contribution in [3.8, 4) is 34.6 Å². The van der Waals surface area contributed by atoms with Crippen LogP contribution in [0.4, 0.5) is 0 Å². The molecule has 0 unspecified atom stereocenters. The fraction of sp³-hybridized carbons (Fsp3) is 0.564. The predicted molar refractivity (Wildman–Crippen MR) is 196 cm³/mol. The zero-order valence-electron chi connectivity index (χ0n) is 29.7. The van der Waals surface area contributed by atoms with Crippen molar-refractivity contribution >= 4 is 32.4 Å². The first-order valence-electron chi connectivity index (χ1n) is 18.6. The summed E-state index contributed by atoms with van der Waals surface area (Å²) in [6.07, 6.45) is 6.15. The minimum absolute atomic E-state index is 0.206. The van der Waals surface area contributed by atoms with Crippen molar-refractivity contribution in [2.24, 2.45) is 0 Å². The largest absolute Gasteiger partial charge is 0.493 e. The minimum Gasteiger partial charge on any atom is -0.493 e. The molecule has 0 aliphatic carbocycles. The highest BCUT2D eigenvalue weighted by Crippen LogP contribution is 2.46. The molecule has 4 aliphatic heterocycles. The van der Waals surface area contributed by atoms with Crippen molar-refractivity contribution in [2.45, 2.75) is 32.1 Å². The van der Waals surface area contributed by atoms with Crippen molar-refractivity contribution < 1.29 is 28.4 Å². The Morgan fingerprint density at radius 2 is 1.18 bits per heavy atom. The van der Waals surface area contributed by atoms with Crippen molar-refractivity contribution in [2.75, 3.05) is 113 Å². The van der Waals surface area contributed by atoms with E-state index in [1.54, 1.807) is 14.2 Å². The molecule has 0 amide bonds. The first-order valence-corrected chi connectivity index (χ1v) is 18.6. The molecule has 4 aromatic rings. The Kier molecular flexibility index (Phi) is 10.2. The minimum atomic E-state index is 0.206. The van der Waals surface area contributed by atoms with Crippen molar-refractivity contribution in [3.05, 3.63) is 30.3 Å². The number of fused-ring (bicyclic) bond motifs is 6. The van der Waals surface area contributed by atoms with Gasteiger partial charge >= 0.3 is 0 Å².